The van der Waals surface area contributed by atoms with E-state index in [1.165, 1.54) is 11.1 Å². The number of imidazole rings is 1. The van der Waals surface area contributed by atoms with Crippen molar-refractivity contribution in [1.82, 2.24) is 25.3 Å². The van der Waals surface area contributed by atoms with Crippen LogP contribution in [0, 0.1) is 0 Å². The molecular weight excluding hydrogens is 503 g/mol. The summed E-state index contributed by atoms with van der Waals surface area (Å²) in [5.74, 6) is 2.04. The Balaban J connectivity index is 0.00000341. The quantitative estimate of drug-likeness (QED) is 0.223. The molecular formula is C23H33IN6O. The van der Waals surface area contributed by atoms with Gasteiger partial charge in [-0.1, -0.05) is 43.3 Å². The van der Waals surface area contributed by atoms with E-state index in [9.17, 15) is 0 Å². The highest BCUT2D eigenvalue weighted by Crippen LogP contribution is 2.22. The third-order valence-electron chi connectivity index (χ3n) is 5.09. The minimum absolute atomic E-state index is 0. The van der Waals surface area contributed by atoms with Crippen molar-refractivity contribution in [1.29, 1.82) is 0 Å². The second kappa shape index (κ2) is 13.1. The van der Waals surface area contributed by atoms with Crippen LogP contribution in [-0.2, 0) is 19.6 Å². The Kier molecular flexibility index (Phi) is 10.6. The molecule has 2 N–H and O–H groups in total. The third kappa shape index (κ3) is 7.68. The van der Waals surface area contributed by atoms with Crippen molar-refractivity contribution in [3.8, 4) is 0 Å². The van der Waals surface area contributed by atoms with Gasteiger partial charge in [0.25, 0.3) is 0 Å². The number of guanidine groups is 1. The third-order valence-corrected chi connectivity index (χ3v) is 5.09. The maximum Gasteiger partial charge on any atom is 0.191 e. The van der Waals surface area contributed by atoms with E-state index in [1.54, 1.807) is 6.20 Å². The van der Waals surface area contributed by atoms with Gasteiger partial charge in [0.2, 0.25) is 0 Å². The van der Waals surface area contributed by atoms with Crippen LogP contribution in [0.5, 0.6) is 0 Å². The largest absolute Gasteiger partial charge is 0.359 e. The standard InChI is InChI=1S/C23H32N6O.HI/c1-4-20(5-2)22-13-21(30-28-22)15-27-23(25-6-3)26-14-18-8-7-9-19(12-18)16-29-11-10-24-17-29;/h7-13,17,20H,4-6,14-16H2,1-3H3,(H2,25,26,27);1H. The molecule has 0 bridgehead atoms. The van der Waals surface area contributed by atoms with Gasteiger partial charge in [-0.2, -0.15) is 0 Å². The minimum Gasteiger partial charge on any atom is -0.359 e. The maximum absolute atomic E-state index is 5.50. The summed E-state index contributed by atoms with van der Waals surface area (Å²) in [6.45, 7) is 9.18. The van der Waals surface area contributed by atoms with Crippen molar-refractivity contribution in [2.45, 2.75) is 59.2 Å². The lowest BCUT2D eigenvalue weighted by atomic mass is 9.99. The van der Waals surface area contributed by atoms with Crippen LogP contribution < -0.4 is 10.6 Å². The number of hydrogen-bond acceptors (Lipinski definition) is 4. The molecule has 0 amide bonds. The van der Waals surface area contributed by atoms with Crippen LogP contribution >= 0.6 is 24.0 Å². The van der Waals surface area contributed by atoms with Gasteiger partial charge >= 0.3 is 0 Å². The van der Waals surface area contributed by atoms with Crippen LogP contribution in [0.4, 0.5) is 0 Å². The Morgan fingerprint density at radius 2 is 1.94 bits per heavy atom. The molecule has 3 aromatic rings. The Morgan fingerprint density at radius 3 is 2.65 bits per heavy atom. The van der Waals surface area contributed by atoms with Gasteiger partial charge < -0.3 is 19.7 Å². The SMILES string of the molecule is CCNC(=NCc1cccc(Cn2ccnc2)c1)NCc1cc(C(CC)CC)no1.I. The van der Waals surface area contributed by atoms with Gasteiger partial charge in [0, 0.05) is 37.5 Å². The topological polar surface area (TPSA) is 80.3 Å². The van der Waals surface area contributed by atoms with Crippen LogP contribution in [0.25, 0.3) is 0 Å². The lowest BCUT2D eigenvalue weighted by molar-refractivity contribution is 0.368. The van der Waals surface area contributed by atoms with E-state index in [0.29, 0.717) is 19.0 Å². The summed E-state index contributed by atoms with van der Waals surface area (Å²) in [5.41, 5.74) is 3.43. The molecule has 7 nitrogen and oxygen atoms in total. The average Bonchev–Trinajstić information content (AvgIpc) is 3.44. The molecule has 168 valence electrons. The number of nitrogens with one attached hydrogen (secondary N) is 2. The van der Waals surface area contributed by atoms with Crippen molar-refractivity contribution in [2.75, 3.05) is 6.54 Å². The predicted molar refractivity (Wildman–Crippen MR) is 135 cm³/mol. The van der Waals surface area contributed by atoms with Crippen LogP contribution in [-0.4, -0.2) is 27.2 Å². The lowest BCUT2D eigenvalue weighted by Crippen LogP contribution is -2.36. The van der Waals surface area contributed by atoms with Crippen LogP contribution in [0.3, 0.4) is 0 Å². The maximum atomic E-state index is 5.50. The molecule has 0 saturated heterocycles. The van der Waals surface area contributed by atoms with Gasteiger partial charge in [-0.3, -0.25) is 0 Å². The van der Waals surface area contributed by atoms with E-state index in [4.69, 9.17) is 9.52 Å². The van der Waals surface area contributed by atoms with Gasteiger partial charge in [0.05, 0.1) is 25.1 Å². The summed E-state index contributed by atoms with van der Waals surface area (Å²) in [6.07, 6.45) is 7.73. The zero-order valence-corrected chi connectivity index (χ0v) is 20.9. The first-order chi connectivity index (χ1) is 14.7. The van der Waals surface area contributed by atoms with Gasteiger partial charge in [0.15, 0.2) is 11.7 Å². The number of rotatable bonds is 10. The fourth-order valence-corrected chi connectivity index (χ4v) is 3.41. The molecule has 1 aromatic carbocycles. The first kappa shape index (κ1) is 24.9. The number of nitrogens with zero attached hydrogens (tertiary/aromatic N) is 4. The molecule has 0 radical (unpaired) electrons. The lowest BCUT2D eigenvalue weighted by Gasteiger charge is -2.10. The molecule has 0 saturated carbocycles. The molecule has 0 fully saturated rings. The highest BCUT2D eigenvalue weighted by atomic mass is 127. The fourth-order valence-electron chi connectivity index (χ4n) is 3.41. The van der Waals surface area contributed by atoms with E-state index in [2.05, 4.69) is 70.4 Å². The molecule has 8 heteroatoms. The number of aliphatic imine (C=N–C) groups is 1. The molecule has 2 aromatic heterocycles. The van der Waals surface area contributed by atoms with Crippen LogP contribution in [0.2, 0.25) is 0 Å². The monoisotopic (exact) mass is 536 g/mol. The minimum atomic E-state index is 0. The van der Waals surface area contributed by atoms with Crippen molar-refractivity contribution in [3.63, 3.8) is 0 Å². The summed E-state index contributed by atoms with van der Waals surface area (Å²) < 4.78 is 7.56. The Hall–Kier alpha value is -2.36. The molecule has 0 atom stereocenters. The highest BCUT2D eigenvalue weighted by molar-refractivity contribution is 14.0. The number of halogens is 1. The molecule has 31 heavy (non-hydrogen) atoms. The van der Waals surface area contributed by atoms with E-state index < -0.39 is 0 Å². The van der Waals surface area contributed by atoms with E-state index in [1.807, 2.05) is 18.6 Å². The second-order valence-corrected chi connectivity index (χ2v) is 7.34. The van der Waals surface area contributed by atoms with E-state index in [0.717, 1.165) is 43.3 Å². The van der Waals surface area contributed by atoms with Crippen molar-refractivity contribution in [3.05, 3.63) is 71.6 Å². The first-order valence-corrected chi connectivity index (χ1v) is 10.7. The molecule has 0 spiro atoms. The number of benzene rings is 1. The zero-order chi connectivity index (χ0) is 21.2. The van der Waals surface area contributed by atoms with E-state index in [-0.39, 0.29) is 24.0 Å². The van der Waals surface area contributed by atoms with Crippen LogP contribution in [0.1, 0.15) is 62.1 Å². The predicted octanol–water partition coefficient (Wildman–Crippen LogP) is 4.70. The molecule has 3 rings (SSSR count). The Labute approximate surface area is 201 Å². The highest BCUT2D eigenvalue weighted by Gasteiger charge is 2.13. The van der Waals surface area contributed by atoms with E-state index >= 15 is 0 Å². The Bertz CT molecular complexity index is 918. The molecule has 0 aliphatic rings. The van der Waals surface area contributed by atoms with Crippen molar-refractivity contribution in [2.24, 2.45) is 4.99 Å². The average molecular weight is 536 g/mol. The molecule has 0 unspecified atom stereocenters. The van der Waals surface area contributed by atoms with Crippen molar-refractivity contribution < 1.29 is 4.52 Å². The summed E-state index contributed by atoms with van der Waals surface area (Å²) in [6, 6.07) is 10.5. The number of aromatic nitrogens is 3. The second-order valence-electron chi connectivity index (χ2n) is 7.34. The number of hydrogen-bond donors (Lipinski definition) is 2. The van der Waals surface area contributed by atoms with Gasteiger partial charge in [0.1, 0.15) is 0 Å². The summed E-state index contributed by atoms with van der Waals surface area (Å²) >= 11 is 0. The summed E-state index contributed by atoms with van der Waals surface area (Å²) in [5, 5.41) is 10.9. The molecule has 0 aliphatic carbocycles. The zero-order valence-electron chi connectivity index (χ0n) is 18.5. The van der Waals surface area contributed by atoms with Gasteiger partial charge in [-0.15, -0.1) is 24.0 Å². The van der Waals surface area contributed by atoms with Gasteiger partial charge in [-0.05, 0) is 30.9 Å². The van der Waals surface area contributed by atoms with Crippen LogP contribution in [0.15, 0.2) is 58.6 Å². The summed E-state index contributed by atoms with van der Waals surface area (Å²) in [4.78, 5) is 8.82. The summed E-state index contributed by atoms with van der Waals surface area (Å²) in [7, 11) is 0. The first-order valence-electron chi connectivity index (χ1n) is 10.7. The smallest absolute Gasteiger partial charge is 0.191 e. The molecule has 2 heterocycles. The van der Waals surface area contributed by atoms with Gasteiger partial charge in [-0.25, -0.2) is 9.98 Å². The normalized spacial score (nSPS) is 11.4. The molecule has 0 aliphatic heterocycles. The van der Waals surface area contributed by atoms with Crippen molar-refractivity contribution >= 4 is 29.9 Å². The Morgan fingerprint density at radius 1 is 1.13 bits per heavy atom. The fraction of sp³-hybridized carbons (Fsp3) is 0.435.